The van der Waals surface area contributed by atoms with E-state index < -0.39 is 21.8 Å². The molecule has 0 aliphatic rings. The van der Waals surface area contributed by atoms with Gasteiger partial charge in [0, 0.05) is 13.0 Å². The zero-order valence-electron chi connectivity index (χ0n) is 16.7. The number of ether oxygens (including phenoxy) is 1. The Balaban J connectivity index is 1.82. The van der Waals surface area contributed by atoms with Crippen LogP contribution in [0.5, 0.6) is 5.75 Å². The van der Waals surface area contributed by atoms with Crippen molar-refractivity contribution in [2.24, 2.45) is 0 Å². The number of hydrogen-bond acceptors (Lipinski definition) is 4. The van der Waals surface area contributed by atoms with Crippen molar-refractivity contribution < 1.29 is 31.1 Å². The summed E-state index contributed by atoms with van der Waals surface area (Å²) in [6.45, 7) is 0.392. The lowest BCUT2D eigenvalue weighted by atomic mass is 10.2. The van der Waals surface area contributed by atoms with Crippen molar-refractivity contribution in [2.45, 2.75) is 19.0 Å². The second-order valence-electron chi connectivity index (χ2n) is 6.61. The van der Waals surface area contributed by atoms with E-state index in [-0.39, 0.29) is 44.1 Å². The van der Waals surface area contributed by atoms with Crippen molar-refractivity contribution in [1.82, 2.24) is 5.32 Å². The van der Waals surface area contributed by atoms with E-state index in [1.807, 2.05) is 0 Å². The normalized spacial score (nSPS) is 11.8. The van der Waals surface area contributed by atoms with E-state index in [4.69, 9.17) is 16.3 Å². The van der Waals surface area contributed by atoms with E-state index in [1.54, 1.807) is 24.3 Å². The summed E-state index contributed by atoms with van der Waals surface area (Å²) in [4.78, 5) is 12.0. The summed E-state index contributed by atoms with van der Waals surface area (Å²) in [6, 6.07) is 10.7. The standard InChI is InChI=1S/C20H22ClF3N2O4S/c1-31(28,29)26(16-10-8-15(9-11-16)20(22,23)24)13-4-7-19(27)25-12-14-30-18-6-3-2-5-17(18)21/h2-3,5-6,8-11H,4,7,12-14H2,1H3,(H,25,27). The third kappa shape index (κ3) is 7.95. The molecule has 0 atom stereocenters. The van der Waals surface area contributed by atoms with Gasteiger partial charge in [-0.3, -0.25) is 9.10 Å². The Bertz CT molecular complexity index is 983. The number of sulfonamides is 1. The lowest BCUT2D eigenvalue weighted by molar-refractivity contribution is -0.137. The van der Waals surface area contributed by atoms with Gasteiger partial charge in [-0.25, -0.2) is 8.42 Å². The molecule has 0 saturated carbocycles. The summed E-state index contributed by atoms with van der Waals surface area (Å²) in [5.74, 6) is 0.197. The summed E-state index contributed by atoms with van der Waals surface area (Å²) in [5, 5.41) is 3.11. The summed E-state index contributed by atoms with van der Waals surface area (Å²) in [5.41, 5.74) is -0.771. The lowest BCUT2D eigenvalue weighted by Crippen LogP contribution is -2.33. The number of amides is 1. The molecule has 6 nitrogen and oxygen atoms in total. The number of benzene rings is 2. The largest absolute Gasteiger partial charge is 0.490 e. The average molecular weight is 479 g/mol. The highest BCUT2D eigenvalue weighted by Crippen LogP contribution is 2.31. The number of carbonyl (C=O) groups excluding carboxylic acids is 1. The fraction of sp³-hybridized carbons (Fsp3) is 0.350. The van der Waals surface area contributed by atoms with Crippen LogP contribution >= 0.6 is 11.6 Å². The first-order chi connectivity index (χ1) is 14.5. The van der Waals surface area contributed by atoms with Crippen LogP contribution in [0.1, 0.15) is 18.4 Å². The number of carbonyl (C=O) groups is 1. The summed E-state index contributed by atoms with van der Waals surface area (Å²) < 4.78 is 68.6. The zero-order valence-corrected chi connectivity index (χ0v) is 18.2. The van der Waals surface area contributed by atoms with Gasteiger partial charge in [-0.05, 0) is 42.8 Å². The van der Waals surface area contributed by atoms with Gasteiger partial charge >= 0.3 is 6.18 Å². The fourth-order valence-electron chi connectivity index (χ4n) is 2.69. The quantitative estimate of drug-likeness (QED) is 0.522. The molecule has 31 heavy (non-hydrogen) atoms. The van der Waals surface area contributed by atoms with Crippen LogP contribution in [0.3, 0.4) is 0 Å². The van der Waals surface area contributed by atoms with E-state index >= 15 is 0 Å². The molecule has 0 spiro atoms. The SMILES string of the molecule is CS(=O)(=O)N(CCCC(=O)NCCOc1ccccc1Cl)c1ccc(C(F)(F)F)cc1. The molecule has 2 aromatic carbocycles. The highest BCUT2D eigenvalue weighted by molar-refractivity contribution is 7.92. The van der Waals surface area contributed by atoms with E-state index in [9.17, 15) is 26.4 Å². The highest BCUT2D eigenvalue weighted by atomic mass is 35.5. The van der Waals surface area contributed by atoms with Gasteiger partial charge in [0.05, 0.1) is 29.1 Å². The summed E-state index contributed by atoms with van der Waals surface area (Å²) in [6.07, 6.45) is -3.33. The maximum absolute atomic E-state index is 12.7. The van der Waals surface area contributed by atoms with Crippen LogP contribution in [-0.4, -0.2) is 40.3 Å². The van der Waals surface area contributed by atoms with Gasteiger partial charge in [0.1, 0.15) is 12.4 Å². The minimum Gasteiger partial charge on any atom is -0.490 e. The monoisotopic (exact) mass is 478 g/mol. The molecule has 0 aliphatic heterocycles. The van der Waals surface area contributed by atoms with Crippen LogP contribution in [0.4, 0.5) is 18.9 Å². The number of hydrogen-bond donors (Lipinski definition) is 1. The number of nitrogens with zero attached hydrogens (tertiary/aromatic N) is 1. The number of para-hydroxylation sites is 1. The van der Waals surface area contributed by atoms with Gasteiger partial charge in [0.2, 0.25) is 15.9 Å². The van der Waals surface area contributed by atoms with Crippen molar-refractivity contribution in [3.63, 3.8) is 0 Å². The van der Waals surface area contributed by atoms with Gasteiger partial charge < -0.3 is 10.1 Å². The topological polar surface area (TPSA) is 75.7 Å². The second kappa shape index (κ2) is 10.7. The van der Waals surface area contributed by atoms with Crippen LogP contribution in [0.2, 0.25) is 5.02 Å². The Hall–Kier alpha value is -2.46. The molecule has 0 aliphatic carbocycles. The molecule has 0 heterocycles. The van der Waals surface area contributed by atoms with Gasteiger partial charge in [0.15, 0.2) is 0 Å². The van der Waals surface area contributed by atoms with E-state index in [0.29, 0.717) is 10.8 Å². The Morgan fingerprint density at radius 3 is 2.35 bits per heavy atom. The summed E-state index contributed by atoms with van der Waals surface area (Å²) >= 11 is 5.96. The molecule has 2 aromatic rings. The smallest absolute Gasteiger partial charge is 0.416 e. The van der Waals surface area contributed by atoms with Crippen molar-refractivity contribution in [3.05, 3.63) is 59.1 Å². The molecule has 0 fully saturated rings. The average Bonchev–Trinajstić information content (AvgIpc) is 2.68. The fourth-order valence-corrected chi connectivity index (χ4v) is 3.84. The van der Waals surface area contributed by atoms with Crippen LogP contribution in [0, 0.1) is 0 Å². The molecular weight excluding hydrogens is 457 g/mol. The van der Waals surface area contributed by atoms with Gasteiger partial charge in [-0.15, -0.1) is 0 Å². The van der Waals surface area contributed by atoms with Crippen LogP contribution in [0.15, 0.2) is 48.5 Å². The Morgan fingerprint density at radius 1 is 1.13 bits per heavy atom. The maximum atomic E-state index is 12.7. The summed E-state index contributed by atoms with van der Waals surface area (Å²) in [7, 11) is -3.73. The molecule has 1 N–H and O–H groups in total. The van der Waals surface area contributed by atoms with Crippen molar-refractivity contribution in [2.75, 3.05) is 30.3 Å². The van der Waals surface area contributed by atoms with Crippen molar-refractivity contribution >= 4 is 33.2 Å². The van der Waals surface area contributed by atoms with Crippen LogP contribution in [0.25, 0.3) is 0 Å². The predicted octanol–water partition coefficient (Wildman–Crippen LogP) is 4.10. The second-order valence-corrected chi connectivity index (χ2v) is 8.93. The minimum atomic E-state index is -4.51. The molecule has 11 heteroatoms. The molecule has 1 amide bonds. The Labute approximate surface area is 184 Å². The third-order valence-corrected chi connectivity index (χ3v) is 5.67. The predicted molar refractivity (Wildman–Crippen MR) is 113 cm³/mol. The maximum Gasteiger partial charge on any atom is 0.416 e. The Kier molecular flexibility index (Phi) is 8.58. The molecule has 170 valence electrons. The van der Waals surface area contributed by atoms with Gasteiger partial charge in [-0.1, -0.05) is 23.7 Å². The van der Waals surface area contributed by atoms with Crippen LogP contribution < -0.4 is 14.4 Å². The molecule has 0 aromatic heterocycles. The Morgan fingerprint density at radius 2 is 1.77 bits per heavy atom. The third-order valence-electron chi connectivity index (χ3n) is 4.17. The number of anilines is 1. The van der Waals surface area contributed by atoms with E-state index in [2.05, 4.69) is 5.32 Å². The molecule has 0 radical (unpaired) electrons. The number of alkyl halides is 3. The van der Waals surface area contributed by atoms with E-state index in [1.165, 1.54) is 0 Å². The van der Waals surface area contributed by atoms with Crippen molar-refractivity contribution in [1.29, 1.82) is 0 Å². The highest BCUT2D eigenvalue weighted by Gasteiger charge is 2.30. The molecule has 0 unspecified atom stereocenters. The van der Waals surface area contributed by atoms with E-state index in [0.717, 1.165) is 34.8 Å². The minimum absolute atomic E-state index is 0.0404. The first-order valence-corrected chi connectivity index (χ1v) is 11.5. The van der Waals surface area contributed by atoms with Gasteiger partial charge in [0.25, 0.3) is 0 Å². The van der Waals surface area contributed by atoms with Gasteiger partial charge in [-0.2, -0.15) is 13.2 Å². The number of nitrogens with one attached hydrogen (secondary N) is 1. The number of halogens is 4. The van der Waals surface area contributed by atoms with Crippen molar-refractivity contribution in [3.8, 4) is 5.75 Å². The molecule has 2 rings (SSSR count). The molecular formula is C20H22ClF3N2O4S. The number of rotatable bonds is 10. The molecule has 0 bridgehead atoms. The van der Waals surface area contributed by atoms with Crippen LogP contribution in [-0.2, 0) is 21.0 Å². The zero-order chi connectivity index (χ0) is 23.1. The first kappa shape index (κ1) is 24.8. The lowest BCUT2D eigenvalue weighted by Gasteiger charge is -2.22. The first-order valence-electron chi connectivity index (χ1n) is 9.27. The molecule has 0 saturated heterocycles.